The van der Waals surface area contributed by atoms with E-state index in [1.807, 2.05) is 60.7 Å². The van der Waals surface area contributed by atoms with E-state index in [0.717, 1.165) is 40.2 Å². The molecule has 1 aliphatic heterocycles. The molecule has 4 rings (SSSR count). The normalized spacial score (nSPS) is 13.9. The molecule has 3 heteroatoms. The number of methoxy groups -OCH3 is 1. The molecule has 0 amide bonds. The fraction of sp³-hybridized carbons (Fsp3) is 0.174. The van der Waals surface area contributed by atoms with Gasteiger partial charge in [0.25, 0.3) is 0 Å². The molecule has 3 aromatic rings. The quantitative estimate of drug-likeness (QED) is 0.612. The monoisotopic (exact) mass is 344 g/mol. The van der Waals surface area contributed by atoms with Gasteiger partial charge in [-0.1, -0.05) is 48.5 Å². The molecular weight excluding hydrogens is 324 g/mol. The second-order valence-corrected chi connectivity index (χ2v) is 6.51. The maximum atomic E-state index is 12.1. The summed E-state index contributed by atoms with van der Waals surface area (Å²) in [5.74, 6) is 2.29. The van der Waals surface area contributed by atoms with Crippen LogP contribution in [0.5, 0.6) is 17.2 Å². The molecule has 0 N–H and O–H groups in total. The van der Waals surface area contributed by atoms with Crippen LogP contribution < -0.4 is 9.47 Å². The molecule has 0 bridgehead atoms. The predicted octanol–water partition coefficient (Wildman–Crippen LogP) is 4.99. The molecule has 1 heterocycles. The van der Waals surface area contributed by atoms with Crippen molar-refractivity contribution in [2.45, 2.75) is 12.3 Å². The van der Waals surface area contributed by atoms with E-state index in [1.54, 1.807) is 7.11 Å². The third-order valence-electron chi connectivity index (χ3n) is 4.96. The van der Waals surface area contributed by atoms with E-state index in [0.29, 0.717) is 6.42 Å². The van der Waals surface area contributed by atoms with Gasteiger partial charge >= 0.3 is 0 Å². The standard InChI is InChI=1S/C23H20O3/c1-25-18-12-10-16(11-13-18)14-17(15-24)23-19-6-2-4-8-21(19)26-22-9-5-3-7-20(22)23/h2-13,15,17,23H,14H2,1H3. The van der Waals surface area contributed by atoms with Crippen molar-refractivity contribution in [3.63, 3.8) is 0 Å². The van der Waals surface area contributed by atoms with Gasteiger partial charge in [-0.25, -0.2) is 0 Å². The lowest BCUT2D eigenvalue weighted by Gasteiger charge is -2.31. The minimum atomic E-state index is -0.172. The minimum Gasteiger partial charge on any atom is -0.497 e. The molecule has 130 valence electrons. The van der Waals surface area contributed by atoms with Gasteiger partial charge in [-0.15, -0.1) is 0 Å². The van der Waals surface area contributed by atoms with E-state index in [9.17, 15) is 4.79 Å². The van der Waals surface area contributed by atoms with Crippen molar-refractivity contribution in [3.8, 4) is 17.2 Å². The summed E-state index contributed by atoms with van der Waals surface area (Å²) in [7, 11) is 1.65. The highest BCUT2D eigenvalue weighted by Crippen LogP contribution is 2.47. The zero-order valence-corrected chi connectivity index (χ0v) is 14.6. The van der Waals surface area contributed by atoms with Crippen LogP contribution >= 0.6 is 0 Å². The number of aldehydes is 1. The molecule has 26 heavy (non-hydrogen) atoms. The molecule has 3 nitrogen and oxygen atoms in total. The molecule has 0 aromatic heterocycles. The first-order valence-electron chi connectivity index (χ1n) is 8.74. The number of hydrogen-bond acceptors (Lipinski definition) is 3. The van der Waals surface area contributed by atoms with Gasteiger partial charge in [-0.05, 0) is 36.2 Å². The average Bonchev–Trinajstić information content (AvgIpc) is 2.71. The second-order valence-electron chi connectivity index (χ2n) is 6.51. The van der Waals surface area contributed by atoms with Crippen LogP contribution in [-0.2, 0) is 11.2 Å². The Labute approximate surface area is 153 Å². The summed E-state index contributed by atoms with van der Waals surface area (Å²) in [5.41, 5.74) is 3.25. The summed E-state index contributed by atoms with van der Waals surface area (Å²) in [6.07, 6.45) is 1.74. The molecule has 3 aromatic carbocycles. The number of para-hydroxylation sites is 2. The van der Waals surface area contributed by atoms with Crippen LogP contribution in [0.3, 0.4) is 0 Å². The number of carbonyl (C=O) groups is 1. The molecular formula is C23H20O3. The highest BCUT2D eigenvalue weighted by Gasteiger charge is 2.33. The van der Waals surface area contributed by atoms with Gasteiger partial charge < -0.3 is 14.3 Å². The fourth-order valence-electron chi connectivity index (χ4n) is 3.69. The second kappa shape index (κ2) is 7.04. The van der Waals surface area contributed by atoms with Crippen LogP contribution in [-0.4, -0.2) is 13.4 Å². The zero-order chi connectivity index (χ0) is 17.9. The molecule has 0 fully saturated rings. The van der Waals surface area contributed by atoms with E-state index in [4.69, 9.17) is 9.47 Å². The van der Waals surface area contributed by atoms with Gasteiger partial charge in [-0.2, -0.15) is 0 Å². The van der Waals surface area contributed by atoms with E-state index in [-0.39, 0.29) is 11.8 Å². The van der Waals surface area contributed by atoms with Gasteiger partial charge in [0.1, 0.15) is 23.5 Å². The molecule has 1 atom stereocenters. The maximum Gasteiger partial charge on any atom is 0.131 e. The summed E-state index contributed by atoms with van der Waals surface area (Å²) in [4.78, 5) is 12.1. The zero-order valence-electron chi connectivity index (χ0n) is 14.6. The van der Waals surface area contributed by atoms with Crippen molar-refractivity contribution < 1.29 is 14.3 Å². The van der Waals surface area contributed by atoms with E-state index >= 15 is 0 Å². The maximum absolute atomic E-state index is 12.1. The molecule has 0 saturated carbocycles. The summed E-state index contributed by atoms with van der Waals surface area (Å²) < 4.78 is 11.3. The van der Waals surface area contributed by atoms with E-state index in [2.05, 4.69) is 12.1 Å². The Hall–Kier alpha value is -3.07. The highest BCUT2D eigenvalue weighted by molar-refractivity contribution is 5.63. The van der Waals surface area contributed by atoms with Crippen LogP contribution in [0.15, 0.2) is 72.8 Å². The molecule has 0 aliphatic carbocycles. The first-order valence-corrected chi connectivity index (χ1v) is 8.74. The van der Waals surface area contributed by atoms with Crippen molar-refractivity contribution in [2.24, 2.45) is 5.92 Å². The first kappa shape index (κ1) is 16.4. The molecule has 1 unspecified atom stereocenters. The molecule has 0 radical (unpaired) electrons. The number of ether oxygens (including phenoxy) is 2. The molecule has 0 saturated heterocycles. The van der Waals surface area contributed by atoms with Crippen molar-refractivity contribution in [2.75, 3.05) is 7.11 Å². The smallest absolute Gasteiger partial charge is 0.131 e. The van der Waals surface area contributed by atoms with Crippen molar-refractivity contribution >= 4 is 6.29 Å². The first-order chi connectivity index (χ1) is 12.8. The van der Waals surface area contributed by atoms with Crippen molar-refractivity contribution in [1.82, 2.24) is 0 Å². The Kier molecular flexibility index (Phi) is 4.44. The van der Waals surface area contributed by atoms with E-state index in [1.165, 1.54) is 0 Å². The van der Waals surface area contributed by atoms with Crippen molar-refractivity contribution in [1.29, 1.82) is 0 Å². The predicted molar refractivity (Wildman–Crippen MR) is 101 cm³/mol. The Bertz CT molecular complexity index is 869. The Morgan fingerprint density at radius 3 is 2.04 bits per heavy atom. The van der Waals surface area contributed by atoms with Crippen LogP contribution in [0.1, 0.15) is 22.6 Å². The third-order valence-corrected chi connectivity index (χ3v) is 4.96. The SMILES string of the molecule is COc1ccc(CC(C=O)C2c3ccccc3Oc3ccccc32)cc1. The fourth-order valence-corrected chi connectivity index (χ4v) is 3.69. The number of rotatable bonds is 5. The van der Waals surface area contributed by atoms with Crippen molar-refractivity contribution in [3.05, 3.63) is 89.5 Å². The largest absolute Gasteiger partial charge is 0.497 e. The Morgan fingerprint density at radius 1 is 0.923 bits per heavy atom. The van der Waals surface area contributed by atoms with E-state index < -0.39 is 0 Å². The average molecular weight is 344 g/mol. The number of hydrogen-bond donors (Lipinski definition) is 0. The van der Waals surface area contributed by atoms with Gasteiger partial charge in [0, 0.05) is 23.0 Å². The van der Waals surface area contributed by atoms with Gasteiger partial charge in [0.05, 0.1) is 7.11 Å². The lowest BCUT2D eigenvalue weighted by atomic mass is 9.77. The molecule has 1 aliphatic rings. The number of benzene rings is 3. The van der Waals surface area contributed by atoms with Gasteiger partial charge in [-0.3, -0.25) is 0 Å². The molecule has 0 spiro atoms. The summed E-state index contributed by atoms with van der Waals surface area (Å²) in [5, 5.41) is 0. The van der Waals surface area contributed by atoms with Crippen LogP contribution in [0, 0.1) is 5.92 Å². The lowest BCUT2D eigenvalue weighted by Crippen LogP contribution is -2.22. The van der Waals surface area contributed by atoms with Crippen LogP contribution in [0.25, 0.3) is 0 Å². The third kappa shape index (κ3) is 2.97. The van der Waals surface area contributed by atoms with Crippen LogP contribution in [0.2, 0.25) is 0 Å². The Morgan fingerprint density at radius 2 is 1.50 bits per heavy atom. The summed E-state index contributed by atoms with van der Waals surface area (Å²) in [6.45, 7) is 0. The van der Waals surface area contributed by atoms with Crippen LogP contribution in [0.4, 0.5) is 0 Å². The Balaban J connectivity index is 1.73. The van der Waals surface area contributed by atoms with Gasteiger partial charge in [0.2, 0.25) is 0 Å². The van der Waals surface area contributed by atoms with Gasteiger partial charge in [0.15, 0.2) is 0 Å². The summed E-state index contributed by atoms with van der Waals surface area (Å²) >= 11 is 0. The minimum absolute atomic E-state index is 0.0178. The topological polar surface area (TPSA) is 35.5 Å². The lowest BCUT2D eigenvalue weighted by molar-refractivity contribution is -0.111. The number of fused-ring (bicyclic) bond motifs is 2. The highest BCUT2D eigenvalue weighted by atomic mass is 16.5. The number of carbonyl (C=O) groups excluding carboxylic acids is 1. The summed E-state index contributed by atoms with van der Waals surface area (Å²) in [6, 6.07) is 23.9.